The number of carbonyl (C=O) groups excluding carboxylic acids is 10. The first-order chi connectivity index (χ1) is 65.0. The molecule has 712 valence electrons. The molecule has 24 atom stereocenters. The highest BCUT2D eigenvalue weighted by Gasteiger charge is 2.76. The van der Waals surface area contributed by atoms with E-state index in [1.807, 2.05) is 0 Å². The average molecular weight is 2000 g/mol. The largest absolute Gasteiger partial charge is 0.748 e. The van der Waals surface area contributed by atoms with Gasteiger partial charge in [-0.25, -0.2) is 52.8 Å². The summed E-state index contributed by atoms with van der Waals surface area (Å²) in [6.45, 7) is -2.79. The topological polar surface area (TPSA) is 597 Å². The number of ether oxygens (including phenoxy) is 12. The number of hydrogen-bond donors (Lipinski definition) is 0. The molecule has 8 saturated heterocycles. The van der Waals surface area contributed by atoms with Crippen LogP contribution in [0.15, 0.2) is 48.5 Å². The molecule has 8 bridgehead atoms. The molecule has 138 heavy (non-hydrogen) atoms. The Morgan fingerprint density at radius 2 is 0.623 bits per heavy atom. The van der Waals surface area contributed by atoms with E-state index >= 15 is 0 Å². The van der Waals surface area contributed by atoms with Gasteiger partial charge in [0.25, 0.3) is 20.2 Å². The second kappa shape index (κ2) is 42.7. The van der Waals surface area contributed by atoms with Gasteiger partial charge in [0.15, 0.2) is 18.3 Å². The third-order valence-electron chi connectivity index (χ3n) is 26.4. The first-order valence-corrected chi connectivity index (χ1v) is 52.1. The summed E-state index contributed by atoms with van der Waals surface area (Å²) in [7, 11) is 42.4. The third-order valence-corrected chi connectivity index (χ3v) is 32.6. The fraction of sp³-hybridized carbons (Fsp3) is 0.575. The van der Waals surface area contributed by atoms with E-state index in [1.165, 1.54) is 18.2 Å². The van der Waals surface area contributed by atoms with Crippen LogP contribution in [0.3, 0.4) is 0 Å². The summed E-state index contributed by atoms with van der Waals surface area (Å²) >= 11 is 0. The molecule has 4 aliphatic carbocycles. The molecule has 0 N–H and O–H groups in total. The molecule has 4 saturated carbocycles. The maximum Gasteiger partial charge on any atom is 0.338 e. The van der Waals surface area contributed by atoms with Crippen LogP contribution in [0.4, 0.5) is 0 Å². The third kappa shape index (κ3) is 22.0. The number of carbonyl (C=O) groups is 10. The minimum Gasteiger partial charge on any atom is -0.748 e. The summed E-state index contributed by atoms with van der Waals surface area (Å²) in [6.07, 6.45) is -10.7. The van der Waals surface area contributed by atoms with Crippen LogP contribution in [-0.2, 0) is 231 Å². The van der Waals surface area contributed by atoms with Crippen molar-refractivity contribution in [2.45, 2.75) is 172 Å². The van der Waals surface area contributed by atoms with Crippen molar-refractivity contribution in [1.29, 1.82) is 0 Å². The minimum absolute atomic E-state index is 0.00704. The summed E-state index contributed by atoms with van der Waals surface area (Å²) in [6, 6.07) is 13.1. The zero-order valence-corrected chi connectivity index (χ0v) is 77.6. The van der Waals surface area contributed by atoms with E-state index in [0.717, 1.165) is 0 Å². The highest BCUT2D eigenvalue weighted by Crippen LogP contribution is 2.61. The van der Waals surface area contributed by atoms with Crippen molar-refractivity contribution < 1.29 is 182 Å². The van der Waals surface area contributed by atoms with Gasteiger partial charge in [-0.2, -0.15) is 16.8 Å². The lowest BCUT2D eigenvalue weighted by Gasteiger charge is -2.30. The number of esters is 10. The Labute approximate surface area is 809 Å². The quantitative estimate of drug-likeness (QED) is 0.0134. The fourth-order valence-corrected chi connectivity index (χ4v) is 25.6. The van der Waals surface area contributed by atoms with E-state index in [-0.39, 0.29) is 110 Å². The van der Waals surface area contributed by atoms with Crippen LogP contribution in [0.5, 0.6) is 0 Å². The van der Waals surface area contributed by atoms with Crippen LogP contribution >= 0.6 is 0 Å². The first kappa shape index (κ1) is 107. The highest BCUT2D eigenvalue weighted by atomic mass is 32.2. The van der Waals surface area contributed by atoms with E-state index in [0.29, 0.717) is 73.2 Å². The molecule has 12 fully saturated rings. The predicted molar refractivity (Wildman–Crippen MR) is 475 cm³/mol. The summed E-state index contributed by atoms with van der Waals surface area (Å²) < 4.78 is 255. The average Bonchev–Trinajstić information content (AvgIpc) is 1.53. The molecule has 58 heteroatoms. The van der Waals surface area contributed by atoms with Gasteiger partial charge in [-0.1, -0.05) is 145 Å². The Morgan fingerprint density at radius 1 is 0.319 bits per heavy atom. The minimum atomic E-state index is -4.66. The van der Waals surface area contributed by atoms with Gasteiger partial charge < -0.3 is 75.1 Å². The van der Waals surface area contributed by atoms with E-state index in [4.69, 9.17) is 159 Å². The maximum atomic E-state index is 13.2. The second-order valence-corrected chi connectivity index (χ2v) is 43.6. The monoisotopic (exact) mass is 2000 g/mol. The molecular formula is C80H76B12O40S6-4. The molecule has 0 amide bonds. The Hall–Kier alpha value is -8.26. The van der Waals surface area contributed by atoms with Crippen LogP contribution in [0.1, 0.15) is 121 Å². The standard InChI is InChI=1S/C21H21B3O9S.C20H21B3O10S2.C20H19B3O10S.C19H19B3O11S2/c22-6-9-3-10(7-23)14(8-24)11(4-9)19(25)32-17-12-5-13-16(21(27)33-18(13)17)15(12)20(26)31-1-2-34(28,29)30;21-6-9-3-10(7-22)14(8-23)11(4-9)19(24)32-16-12-5-13-17(16)33-35(29,30)18(13)15(12)20(25)31-1-2-34(26,27)28;21-5-8-3-9(6-22)11(7-23)10(4-8)18(24)32-16-14-12(19(25)30-1-2-34(27,28)29)13-15(31-14)17(16)33-20(13)26;20-5-8-3-9(6-21)11(7-22)10(4-8)18(23)32-14-13-12(19(24)30-1-2-34(25,26)27)17-16(31-13)15(14)33-35(17,28)29/h3-4,12-13,15-18H,1-2,5-8H2,(H,28,29,30);3-4,12-13,15-18H,1-2,5-8H2,(H,26,27,28);3-4,12-17H,1-2,5-7H2,(H,27,28,29);3-4,12-17H,1-2,5-7H2,(H,25,26,27)/p-4. The molecule has 24 unspecified atom stereocenters. The normalized spacial score (nSPS) is 29.7. The lowest BCUT2D eigenvalue weighted by Crippen LogP contribution is -2.50. The van der Waals surface area contributed by atoms with Crippen LogP contribution in [0, 0.1) is 59.2 Å². The number of fused-ring (bicyclic) bond motifs is 4. The number of rotatable bonds is 36. The van der Waals surface area contributed by atoms with Gasteiger partial charge in [0.2, 0.25) is 0 Å². The zero-order valence-electron chi connectivity index (χ0n) is 72.7. The number of hydrogen-bond acceptors (Lipinski definition) is 40. The zero-order chi connectivity index (χ0) is 101. The lowest BCUT2D eigenvalue weighted by molar-refractivity contribution is -0.155. The molecule has 8 aliphatic heterocycles. The summed E-state index contributed by atoms with van der Waals surface area (Å²) in [5, 5.41) is -2.62. The summed E-state index contributed by atoms with van der Waals surface area (Å²) in [5.74, 6) is -20.9. The molecule has 40 nitrogen and oxygen atoms in total. The molecule has 8 heterocycles. The molecule has 16 rings (SSSR count). The molecule has 4 aromatic rings. The van der Waals surface area contributed by atoms with Gasteiger partial charge in [-0.3, -0.25) is 37.1 Å². The predicted octanol–water partition coefficient (Wildman–Crippen LogP) is -6.17. The van der Waals surface area contributed by atoms with Gasteiger partial charge >= 0.3 is 59.7 Å². The highest BCUT2D eigenvalue weighted by molar-refractivity contribution is 7.88. The van der Waals surface area contributed by atoms with Crippen molar-refractivity contribution in [3.8, 4) is 0 Å². The van der Waals surface area contributed by atoms with Crippen LogP contribution < -0.4 is 0 Å². The second-order valence-electron chi connectivity index (χ2n) is 34.0. The fourth-order valence-electron chi connectivity index (χ4n) is 20.6. The van der Waals surface area contributed by atoms with E-state index in [9.17, 15) is 117 Å². The van der Waals surface area contributed by atoms with Crippen molar-refractivity contribution in [3.63, 3.8) is 0 Å². The van der Waals surface area contributed by atoms with Crippen LogP contribution in [0.25, 0.3) is 0 Å². The van der Waals surface area contributed by atoms with Gasteiger partial charge in [0.05, 0.1) is 198 Å². The van der Waals surface area contributed by atoms with Crippen molar-refractivity contribution in [2.75, 3.05) is 49.4 Å². The van der Waals surface area contributed by atoms with E-state index in [1.54, 1.807) is 30.3 Å². The van der Waals surface area contributed by atoms with E-state index in [2.05, 4.69) is 0 Å². The summed E-state index contributed by atoms with van der Waals surface area (Å²) in [5.41, 5.74) is 7.45. The van der Waals surface area contributed by atoms with Gasteiger partial charge in [0, 0.05) is 23.7 Å². The van der Waals surface area contributed by atoms with Gasteiger partial charge in [0.1, 0.15) is 110 Å². The first-order valence-electron chi connectivity index (χ1n) is 42.8. The summed E-state index contributed by atoms with van der Waals surface area (Å²) in [4.78, 5) is 128. The van der Waals surface area contributed by atoms with Crippen molar-refractivity contribution in [2.24, 2.45) is 59.2 Å². The Morgan fingerprint density at radius 3 is 1.00 bits per heavy atom. The molecule has 0 aromatic heterocycles. The van der Waals surface area contributed by atoms with Crippen molar-refractivity contribution >= 4 is 215 Å². The van der Waals surface area contributed by atoms with E-state index < -0.39 is 307 Å². The molecular weight excluding hydrogens is 1920 g/mol. The number of benzene rings is 4. The van der Waals surface area contributed by atoms with Crippen molar-refractivity contribution in [3.05, 3.63) is 138 Å². The molecule has 0 spiro atoms. The van der Waals surface area contributed by atoms with Crippen LogP contribution in [0.2, 0.25) is 0 Å². The van der Waals surface area contributed by atoms with Gasteiger partial charge in [-0.05, 0) is 59.4 Å². The maximum absolute atomic E-state index is 13.2. The Balaban J connectivity index is 0.000000155. The Kier molecular flexibility index (Phi) is 33.1. The van der Waals surface area contributed by atoms with Crippen molar-refractivity contribution in [1.82, 2.24) is 0 Å². The SMILES string of the molecule is [B]Cc1cc(C[B])c(C[B])c(C(=O)OC2C3CC4C2OC(=O)C4C3C(=O)OCCS(=O)(=O)[O-])c1.[B]Cc1cc(C[B])c(C[B])c(C(=O)OC2C3CC4C2OS(=O)(=O)C4C3C(=O)OCCS(=O)(=O)[O-])c1.[B]Cc1cc(C[B])c(C[B])c(C(=O)OC2C3OC(=O)C4C3OC2C4C(=O)OCCS(=O)(=O)[O-])c1.[B]Cc1cc(C[B])c(C[B])c(C(=O)OC2C3OS(=O)(=O)C4C3OC2C4C(=O)OCCS(=O)(=O)[O-])c1. The molecule has 12 aliphatic rings. The smallest absolute Gasteiger partial charge is 0.338 e. The molecule has 4 aromatic carbocycles. The Bertz CT molecular complexity index is 5850. The lowest BCUT2D eigenvalue weighted by atomic mass is 9.78. The molecule has 24 radical (unpaired) electrons. The van der Waals surface area contributed by atoms with Gasteiger partial charge in [-0.15, -0.1) is 0 Å². The van der Waals surface area contributed by atoms with Crippen LogP contribution in [-0.4, -0.2) is 356 Å².